The molecule has 0 aromatic heterocycles. The van der Waals surface area contributed by atoms with Crippen LogP contribution < -0.4 is 14.9 Å². The molecule has 0 saturated carbocycles. The molecule has 0 radical (unpaired) electrons. The first-order valence-corrected chi connectivity index (χ1v) is 6.76. The molecule has 0 aliphatic heterocycles. The van der Waals surface area contributed by atoms with Crippen molar-refractivity contribution in [1.29, 1.82) is 0 Å². The van der Waals surface area contributed by atoms with Crippen LogP contribution in [0.5, 0.6) is 11.5 Å². The molecule has 0 saturated heterocycles. The van der Waals surface area contributed by atoms with Crippen LogP contribution in [0, 0.1) is 6.92 Å². The van der Waals surface area contributed by atoms with Crippen molar-refractivity contribution in [3.63, 3.8) is 0 Å². The average Bonchev–Trinajstić information content (AvgIpc) is 2.56. The van der Waals surface area contributed by atoms with Gasteiger partial charge in [0.1, 0.15) is 0 Å². The molecule has 2 rings (SSSR count). The zero-order chi connectivity index (χ0) is 15.9. The number of hydrogen-bond donors (Lipinski definition) is 1. The smallest absolute Gasteiger partial charge is 0.271 e. The summed E-state index contributed by atoms with van der Waals surface area (Å²) in [5.41, 5.74) is 4.86. The molecule has 0 heterocycles. The lowest BCUT2D eigenvalue weighted by atomic mass is 10.1. The summed E-state index contributed by atoms with van der Waals surface area (Å²) in [6, 6.07) is 12.6. The van der Waals surface area contributed by atoms with Gasteiger partial charge in [-0.2, -0.15) is 5.10 Å². The maximum Gasteiger partial charge on any atom is 0.271 e. The Bertz CT molecular complexity index is 682. The van der Waals surface area contributed by atoms with Crippen LogP contribution >= 0.6 is 0 Å². The van der Waals surface area contributed by atoms with E-state index in [2.05, 4.69) is 10.5 Å². The number of hydrazone groups is 1. The lowest BCUT2D eigenvalue weighted by molar-refractivity contribution is 0.0955. The second kappa shape index (κ2) is 7.26. The second-order valence-corrected chi connectivity index (χ2v) is 4.63. The molecule has 2 aromatic carbocycles. The number of nitrogens with zero attached hydrogens (tertiary/aromatic N) is 1. The van der Waals surface area contributed by atoms with Crippen molar-refractivity contribution in [2.24, 2.45) is 5.10 Å². The van der Waals surface area contributed by atoms with Crippen molar-refractivity contribution in [1.82, 2.24) is 5.43 Å². The van der Waals surface area contributed by atoms with Crippen molar-refractivity contribution in [2.45, 2.75) is 6.92 Å². The predicted octanol–water partition coefficient (Wildman–Crippen LogP) is 2.78. The van der Waals surface area contributed by atoms with Gasteiger partial charge in [-0.05, 0) is 36.8 Å². The van der Waals surface area contributed by atoms with Gasteiger partial charge >= 0.3 is 0 Å². The van der Waals surface area contributed by atoms with E-state index in [1.54, 1.807) is 44.7 Å². The standard InChI is InChI=1S/C17H18N2O3/c1-12-9-15(21-2)16(22-3)10-14(12)11-18-19-17(20)13-7-5-4-6-8-13/h4-11H,1-3H3,(H,19,20)/b18-11-. The summed E-state index contributed by atoms with van der Waals surface area (Å²) in [5, 5.41) is 3.99. The van der Waals surface area contributed by atoms with Gasteiger partial charge in [0.05, 0.1) is 20.4 Å². The second-order valence-electron chi connectivity index (χ2n) is 4.63. The summed E-state index contributed by atoms with van der Waals surface area (Å²) in [6.07, 6.45) is 1.58. The summed E-state index contributed by atoms with van der Waals surface area (Å²) >= 11 is 0. The molecule has 0 fully saturated rings. The fourth-order valence-corrected chi connectivity index (χ4v) is 1.95. The van der Waals surface area contributed by atoms with Crippen LogP contribution in [0.1, 0.15) is 21.5 Å². The maximum absolute atomic E-state index is 11.9. The first-order chi connectivity index (χ1) is 10.7. The highest BCUT2D eigenvalue weighted by atomic mass is 16.5. The number of amides is 1. The van der Waals surface area contributed by atoms with Crippen molar-refractivity contribution < 1.29 is 14.3 Å². The van der Waals surface area contributed by atoms with Crippen LogP contribution in [0.4, 0.5) is 0 Å². The van der Waals surface area contributed by atoms with Gasteiger partial charge in [-0.15, -0.1) is 0 Å². The van der Waals surface area contributed by atoms with Crippen molar-refractivity contribution in [3.05, 3.63) is 59.2 Å². The Morgan fingerprint density at radius 1 is 1.09 bits per heavy atom. The topological polar surface area (TPSA) is 59.9 Å². The molecule has 114 valence electrons. The van der Waals surface area contributed by atoms with Crippen LogP contribution in [0.3, 0.4) is 0 Å². The number of rotatable bonds is 5. The lowest BCUT2D eigenvalue weighted by Gasteiger charge is -2.10. The minimum atomic E-state index is -0.255. The number of methoxy groups -OCH3 is 2. The first kappa shape index (κ1) is 15.6. The number of carbonyl (C=O) groups is 1. The Labute approximate surface area is 129 Å². The van der Waals surface area contributed by atoms with E-state index in [-0.39, 0.29) is 5.91 Å². The average molecular weight is 298 g/mol. The van der Waals surface area contributed by atoms with E-state index in [9.17, 15) is 4.79 Å². The van der Waals surface area contributed by atoms with Gasteiger partial charge in [0.15, 0.2) is 11.5 Å². The van der Waals surface area contributed by atoms with Crippen LogP contribution in [0.15, 0.2) is 47.6 Å². The Morgan fingerprint density at radius 3 is 2.36 bits per heavy atom. The number of nitrogens with one attached hydrogen (secondary N) is 1. The highest BCUT2D eigenvalue weighted by molar-refractivity contribution is 5.95. The van der Waals surface area contributed by atoms with Gasteiger partial charge in [0, 0.05) is 11.1 Å². The summed E-state index contributed by atoms with van der Waals surface area (Å²) in [4.78, 5) is 11.9. The van der Waals surface area contributed by atoms with E-state index >= 15 is 0 Å². The Balaban J connectivity index is 2.12. The molecule has 0 atom stereocenters. The molecule has 1 amide bonds. The fraction of sp³-hybridized carbons (Fsp3) is 0.176. The minimum Gasteiger partial charge on any atom is -0.493 e. The maximum atomic E-state index is 11.9. The third kappa shape index (κ3) is 3.63. The van der Waals surface area contributed by atoms with E-state index in [1.165, 1.54) is 0 Å². The normalized spacial score (nSPS) is 10.5. The predicted molar refractivity (Wildman–Crippen MR) is 85.8 cm³/mol. The lowest BCUT2D eigenvalue weighted by Crippen LogP contribution is -2.17. The van der Waals surface area contributed by atoms with E-state index < -0.39 is 0 Å². The van der Waals surface area contributed by atoms with Crippen molar-refractivity contribution in [2.75, 3.05) is 14.2 Å². The van der Waals surface area contributed by atoms with Gasteiger partial charge in [-0.1, -0.05) is 18.2 Å². The summed E-state index contributed by atoms with van der Waals surface area (Å²) in [6.45, 7) is 1.93. The molecule has 0 aliphatic rings. The van der Waals surface area contributed by atoms with Crippen molar-refractivity contribution in [3.8, 4) is 11.5 Å². The summed E-state index contributed by atoms with van der Waals surface area (Å²) < 4.78 is 10.5. The molecule has 0 unspecified atom stereocenters. The largest absolute Gasteiger partial charge is 0.493 e. The zero-order valence-electron chi connectivity index (χ0n) is 12.8. The van der Waals surface area contributed by atoms with E-state index in [0.717, 1.165) is 11.1 Å². The third-order valence-electron chi connectivity index (χ3n) is 3.18. The Morgan fingerprint density at radius 2 is 1.73 bits per heavy atom. The molecular formula is C17H18N2O3. The van der Waals surface area contributed by atoms with Gasteiger partial charge in [0.25, 0.3) is 5.91 Å². The Hall–Kier alpha value is -2.82. The number of ether oxygens (including phenoxy) is 2. The van der Waals surface area contributed by atoms with Crippen LogP contribution in [0.25, 0.3) is 0 Å². The molecule has 0 bridgehead atoms. The minimum absolute atomic E-state index is 0.255. The summed E-state index contributed by atoms with van der Waals surface area (Å²) in [7, 11) is 3.16. The summed E-state index contributed by atoms with van der Waals surface area (Å²) in [5.74, 6) is 1.02. The number of hydrogen-bond acceptors (Lipinski definition) is 4. The first-order valence-electron chi connectivity index (χ1n) is 6.76. The van der Waals surface area contributed by atoms with Crippen LogP contribution in [-0.4, -0.2) is 26.3 Å². The molecular weight excluding hydrogens is 280 g/mol. The highest BCUT2D eigenvalue weighted by Crippen LogP contribution is 2.29. The quantitative estimate of drug-likeness (QED) is 0.682. The van der Waals surface area contributed by atoms with E-state index in [4.69, 9.17) is 9.47 Å². The third-order valence-corrected chi connectivity index (χ3v) is 3.18. The number of carbonyl (C=O) groups excluding carboxylic acids is 1. The SMILES string of the molecule is COc1cc(C)c(/C=N\NC(=O)c2ccccc2)cc1OC. The molecule has 5 heteroatoms. The van der Waals surface area contributed by atoms with Gasteiger partial charge in [-0.3, -0.25) is 4.79 Å². The molecule has 5 nitrogen and oxygen atoms in total. The van der Waals surface area contributed by atoms with Gasteiger partial charge < -0.3 is 9.47 Å². The Kier molecular flexibility index (Phi) is 5.14. The fourth-order valence-electron chi connectivity index (χ4n) is 1.95. The van der Waals surface area contributed by atoms with Crippen LogP contribution in [0.2, 0.25) is 0 Å². The van der Waals surface area contributed by atoms with E-state index in [0.29, 0.717) is 17.1 Å². The van der Waals surface area contributed by atoms with Gasteiger partial charge in [0.2, 0.25) is 0 Å². The molecule has 22 heavy (non-hydrogen) atoms. The van der Waals surface area contributed by atoms with E-state index in [1.807, 2.05) is 25.1 Å². The number of aryl methyl sites for hydroxylation is 1. The number of benzene rings is 2. The molecule has 2 aromatic rings. The highest BCUT2D eigenvalue weighted by Gasteiger charge is 2.07. The molecule has 0 aliphatic carbocycles. The zero-order valence-corrected chi connectivity index (χ0v) is 12.8. The van der Waals surface area contributed by atoms with Crippen LogP contribution in [-0.2, 0) is 0 Å². The molecule has 0 spiro atoms. The van der Waals surface area contributed by atoms with Gasteiger partial charge in [-0.25, -0.2) is 5.43 Å². The molecule has 1 N–H and O–H groups in total. The van der Waals surface area contributed by atoms with Crippen molar-refractivity contribution >= 4 is 12.1 Å². The monoisotopic (exact) mass is 298 g/mol.